The van der Waals surface area contributed by atoms with E-state index in [1.54, 1.807) is 36.1 Å². The van der Waals surface area contributed by atoms with Gasteiger partial charge in [-0.3, -0.25) is 4.79 Å². The molecule has 166 valence electrons. The van der Waals surface area contributed by atoms with Gasteiger partial charge in [0.25, 0.3) is 5.91 Å². The van der Waals surface area contributed by atoms with Gasteiger partial charge in [0, 0.05) is 29.7 Å². The molecule has 0 spiro atoms. The van der Waals surface area contributed by atoms with Crippen LogP contribution in [0.3, 0.4) is 0 Å². The molecule has 0 aliphatic carbocycles. The molecule has 0 bridgehead atoms. The average Bonchev–Trinajstić information content (AvgIpc) is 2.79. The lowest BCUT2D eigenvalue weighted by Gasteiger charge is -2.45. The van der Waals surface area contributed by atoms with E-state index in [2.05, 4.69) is 4.90 Å². The predicted octanol–water partition coefficient (Wildman–Crippen LogP) is 5.94. The van der Waals surface area contributed by atoms with E-state index in [-0.39, 0.29) is 11.9 Å². The molecule has 7 heteroatoms. The first-order valence-electron chi connectivity index (χ1n) is 10.3. The van der Waals surface area contributed by atoms with Crippen LogP contribution in [0.25, 0.3) is 0 Å². The largest absolute Gasteiger partial charge is 0.376 e. The highest BCUT2D eigenvalue weighted by Crippen LogP contribution is 2.37. The van der Waals surface area contributed by atoms with Crippen molar-refractivity contribution in [3.8, 4) is 0 Å². The fraction of sp³-hybridized carbons (Fsp3) is 0.240. The van der Waals surface area contributed by atoms with E-state index < -0.39 is 5.60 Å². The topological polar surface area (TPSA) is 43.8 Å². The second-order valence-electron chi connectivity index (χ2n) is 8.05. The van der Waals surface area contributed by atoms with E-state index in [4.69, 9.17) is 34.8 Å². The molecular formula is C25H23Cl3N2O2. The summed E-state index contributed by atoms with van der Waals surface area (Å²) in [6.45, 7) is 2.93. The van der Waals surface area contributed by atoms with Gasteiger partial charge in [-0.25, -0.2) is 0 Å². The molecule has 4 rings (SSSR count). The number of halogens is 3. The number of carbonyl (C=O) groups excluding carboxylic acids is 1. The highest BCUT2D eigenvalue weighted by atomic mass is 35.5. The monoisotopic (exact) mass is 488 g/mol. The van der Waals surface area contributed by atoms with E-state index in [9.17, 15) is 9.90 Å². The van der Waals surface area contributed by atoms with Crippen LogP contribution in [0.4, 0.5) is 5.69 Å². The van der Waals surface area contributed by atoms with Crippen LogP contribution >= 0.6 is 34.8 Å². The Bertz CT molecular complexity index is 1100. The second kappa shape index (κ2) is 9.32. The molecule has 0 saturated carbocycles. The molecule has 0 aromatic heterocycles. The average molecular weight is 490 g/mol. The number of hydrogen-bond donors (Lipinski definition) is 1. The van der Waals surface area contributed by atoms with E-state index in [1.165, 1.54) is 0 Å². The maximum absolute atomic E-state index is 13.4. The molecule has 1 amide bonds. The van der Waals surface area contributed by atoms with E-state index in [0.717, 1.165) is 11.3 Å². The SMILES string of the molecule is C[C@@](O)(C(=O)N1CCN(c2ccc(Cl)cc2Cl)[C@H](c2ccc(Cl)cc2)C1)c1ccccc1. The number of amides is 1. The first kappa shape index (κ1) is 22.9. The maximum atomic E-state index is 13.4. The summed E-state index contributed by atoms with van der Waals surface area (Å²) in [4.78, 5) is 17.3. The maximum Gasteiger partial charge on any atom is 0.259 e. The fourth-order valence-electron chi connectivity index (χ4n) is 4.13. The molecule has 4 nitrogen and oxygen atoms in total. The van der Waals surface area contributed by atoms with Gasteiger partial charge < -0.3 is 14.9 Å². The van der Waals surface area contributed by atoms with Gasteiger partial charge in [0.05, 0.1) is 16.8 Å². The van der Waals surface area contributed by atoms with Crippen LogP contribution in [0, 0.1) is 0 Å². The lowest BCUT2D eigenvalue weighted by molar-refractivity contribution is -0.151. The van der Waals surface area contributed by atoms with E-state index in [0.29, 0.717) is 40.3 Å². The normalized spacial score (nSPS) is 18.3. The van der Waals surface area contributed by atoms with Gasteiger partial charge in [-0.1, -0.05) is 77.3 Å². The quantitative estimate of drug-likeness (QED) is 0.493. The number of rotatable bonds is 4. The number of piperazine rings is 1. The molecule has 2 atom stereocenters. The van der Waals surface area contributed by atoms with Crippen molar-refractivity contribution in [2.24, 2.45) is 0 Å². The van der Waals surface area contributed by atoms with Crippen molar-refractivity contribution in [1.82, 2.24) is 4.90 Å². The summed E-state index contributed by atoms with van der Waals surface area (Å²) in [6, 6.07) is 21.8. The minimum Gasteiger partial charge on any atom is -0.376 e. The predicted molar refractivity (Wildman–Crippen MR) is 131 cm³/mol. The number of anilines is 1. The molecule has 3 aromatic rings. The number of nitrogens with zero attached hydrogens (tertiary/aromatic N) is 2. The Hall–Kier alpha value is -2.24. The molecule has 1 aliphatic heterocycles. The van der Waals surface area contributed by atoms with Crippen molar-refractivity contribution in [2.45, 2.75) is 18.6 Å². The zero-order chi connectivity index (χ0) is 22.9. The molecule has 1 heterocycles. The lowest BCUT2D eigenvalue weighted by atomic mass is 9.93. The van der Waals surface area contributed by atoms with Crippen LogP contribution < -0.4 is 4.90 Å². The Morgan fingerprint density at radius 1 is 0.938 bits per heavy atom. The van der Waals surface area contributed by atoms with Gasteiger partial charge in [0.1, 0.15) is 0 Å². The molecule has 1 saturated heterocycles. The van der Waals surface area contributed by atoms with Crippen LogP contribution in [0.5, 0.6) is 0 Å². The third kappa shape index (κ3) is 4.60. The number of carbonyl (C=O) groups is 1. The van der Waals surface area contributed by atoms with Gasteiger partial charge in [-0.2, -0.15) is 0 Å². The molecule has 1 N–H and O–H groups in total. The summed E-state index contributed by atoms with van der Waals surface area (Å²) in [5.74, 6) is -0.329. The zero-order valence-electron chi connectivity index (χ0n) is 17.5. The summed E-state index contributed by atoms with van der Waals surface area (Å²) >= 11 is 18.7. The van der Waals surface area contributed by atoms with Gasteiger partial charge in [-0.05, 0) is 48.4 Å². The van der Waals surface area contributed by atoms with Crippen molar-refractivity contribution in [3.05, 3.63) is 99.0 Å². The fourth-order valence-corrected chi connectivity index (χ4v) is 4.78. The van der Waals surface area contributed by atoms with Crippen LogP contribution in [0.2, 0.25) is 15.1 Å². The Balaban J connectivity index is 1.67. The van der Waals surface area contributed by atoms with Gasteiger partial charge in [-0.15, -0.1) is 0 Å². The number of hydrogen-bond acceptors (Lipinski definition) is 3. The summed E-state index contributed by atoms with van der Waals surface area (Å²) in [5, 5.41) is 12.9. The van der Waals surface area contributed by atoms with E-state index in [1.807, 2.05) is 48.5 Å². The minimum atomic E-state index is -1.62. The molecule has 0 unspecified atom stereocenters. The minimum absolute atomic E-state index is 0.171. The Morgan fingerprint density at radius 3 is 2.25 bits per heavy atom. The van der Waals surface area contributed by atoms with Gasteiger partial charge in [0.2, 0.25) is 0 Å². The third-order valence-corrected chi connectivity index (χ3v) is 6.68. The van der Waals surface area contributed by atoms with Crippen molar-refractivity contribution in [2.75, 3.05) is 24.5 Å². The first-order chi connectivity index (χ1) is 15.3. The Kier molecular flexibility index (Phi) is 6.68. The third-order valence-electron chi connectivity index (χ3n) is 5.89. The molecule has 3 aromatic carbocycles. The first-order valence-corrected chi connectivity index (χ1v) is 11.4. The number of benzene rings is 3. The van der Waals surface area contributed by atoms with Crippen molar-refractivity contribution >= 4 is 46.4 Å². The number of aliphatic hydroxyl groups is 1. The molecule has 1 fully saturated rings. The van der Waals surface area contributed by atoms with Crippen LogP contribution in [0.15, 0.2) is 72.8 Å². The summed E-state index contributed by atoms with van der Waals surface area (Å²) in [5.41, 5.74) is 0.790. The van der Waals surface area contributed by atoms with Crippen molar-refractivity contribution in [1.29, 1.82) is 0 Å². The Morgan fingerprint density at radius 2 is 1.59 bits per heavy atom. The van der Waals surface area contributed by atoms with Crippen LogP contribution in [-0.4, -0.2) is 35.5 Å². The zero-order valence-corrected chi connectivity index (χ0v) is 19.8. The van der Waals surface area contributed by atoms with Gasteiger partial charge >= 0.3 is 0 Å². The van der Waals surface area contributed by atoms with Crippen LogP contribution in [-0.2, 0) is 10.4 Å². The summed E-state index contributed by atoms with van der Waals surface area (Å²) in [7, 11) is 0. The molecule has 32 heavy (non-hydrogen) atoms. The molecule has 1 aliphatic rings. The summed E-state index contributed by atoms with van der Waals surface area (Å²) < 4.78 is 0. The highest BCUT2D eigenvalue weighted by Gasteiger charge is 2.40. The van der Waals surface area contributed by atoms with Crippen molar-refractivity contribution in [3.63, 3.8) is 0 Å². The molecule has 0 radical (unpaired) electrons. The Labute approximate surface area is 202 Å². The van der Waals surface area contributed by atoms with E-state index >= 15 is 0 Å². The second-order valence-corrected chi connectivity index (χ2v) is 9.33. The van der Waals surface area contributed by atoms with Crippen molar-refractivity contribution < 1.29 is 9.90 Å². The van der Waals surface area contributed by atoms with Crippen LogP contribution in [0.1, 0.15) is 24.1 Å². The summed E-state index contributed by atoms with van der Waals surface area (Å²) in [6.07, 6.45) is 0. The van der Waals surface area contributed by atoms with Gasteiger partial charge in [0.15, 0.2) is 5.60 Å². The highest BCUT2D eigenvalue weighted by molar-refractivity contribution is 6.36. The lowest BCUT2D eigenvalue weighted by Crippen LogP contribution is -2.55. The molecular weight excluding hydrogens is 467 g/mol. The standard InChI is InChI=1S/C25H23Cl3N2O2/c1-25(32,18-5-3-2-4-6-18)24(31)29-13-14-30(22-12-11-20(27)15-21(22)28)23(16-29)17-7-9-19(26)10-8-17/h2-12,15,23,32H,13-14,16H2,1H3/t23-,25-/m0/s1. The smallest absolute Gasteiger partial charge is 0.259 e.